The highest BCUT2D eigenvalue weighted by atomic mass is 32.1. The smallest absolute Gasteiger partial charge is 0.212 e. The van der Waals surface area contributed by atoms with Crippen molar-refractivity contribution >= 4 is 17.0 Å². The number of hydrogen-bond acceptors (Lipinski definition) is 5. The van der Waals surface area contributed by atoms with Crippen LogP contribution in [0.2, 0.25) is 0 Å². The summed E-state index contributed by atoms with van der Waals surface area (Å²) in [6.07, 6.45) is 3.89. The normalized spacial score (nSPS) is 13.8. The number of fused-ring (bicyclic) bond motifs is 4. The molecule has 138 valence electrons. The predicted octanol–water partition coefficient (Wildman–Crippen LogP) is 4.75. The Morgan fingerprint density at radius 2 is 2.04 bits per heavy atom. The standard InChI is InChI=1S/C22H18N4OS/c1-27-20-5-3-14(11-24-20)18-9-15-19(28-18)10-16-21(25-26-22(15)16)13-2-4-17-12(8-13)6-7-23-17/h2-5,8-9,11,23H,6-7,10H2,1H3,(H,25,26). The van der Waals surface area contributed by atoms with Crippen molar-refractivity contribution in [2.75, 3.05) is 19.0 Å². The molecular formula is C22H18N4OS. The molecule has 1 aromatic carbocycles. The minimum absolute atomic E-state index is 0.637. The topological polar surface area (TPSA) is 62.8 Å². The Balaban J connectivity index is 1.37. The Kier molecular flexibility index (Phi) is 3.37. The van der Waals surface area contributed by atoms with Gasteiger partial charge in [-0.1, -0.05) is 6.07 Å². The second-order valence-corrected chi connectivity index (χ2v) is 8.32. The van der Waals surface area contributed by atoms with Crippen LogP contribution in [-0.4, -0.2) is 28.8 Å². The van der Waals surface area contributed by atoms with Crippen molar-refractivity contribution < 1.29 is 4.74 Å². The molecule has 3 aromatic heterocycles. The Hall–Kier alpha value is -3.12. The molecule has 4 heterocycles. The van der Waals surface area contributed by atoms with Crippen molar-refractivity contribution in [3.63, 3.8) is 0 Å². The molecule has 28 heavy (non-hydrogen) atoms. The fourth-order valence-corrected chi connectivity index (χ4v) is 5.34. The Labute approximate surface area is 166 Å². The molecule has 0 unspecified atom stereocenters. The number of ether oxygens (including phenoxy) is 1. The lowest BCUT2D eigenvalue weighted by Gasteiger charge is -2.04. The molecule has 2 N–H and O–H groups in total. The van der Waals surface area contributed by atoms with Crippen LogP contribution < -0.4 is 10.1 Å². The number of H-pyrrole nitrogens is 1. The first-order valence-electron chi connectivity index (χ1n) is 9.38. The number of nitrogens with one attached hydrogen (secondary N) is 2. The van der Waals surface area contributed by atoms with Gasteiger partial charge in [-0.3, -0.25) is 5.10 Å². The second-order valence-electron chi connectivity index (χ2n) is 7.19. The van der Waals surface area contributed by atoms with E-state index in [0.717, 1.165) is 36.3 Å². The Morgan fingerprint density at radius 3 is 2.89 bits per heavy atom. The summed E-state index contributed by atoms with van der Waals surface area (Å²) >= 11 is 1.84. The van der Waals surface area contributed by atoms with Gasteiger partial charge in [0.1, 0.15) is 0 Å². The molecule has 6 rings (SSSR count). The number of nitrogens with zero attached hydrogens (tertiary/aromatic N) is 2. The SMILES string of the molecule is COc1ccc(-c2cc3c(s2)Cc2c(-c4ccc5c(c4)CCN5)n[nH]c2-3)cn1. The highest BCUT2D eigenvalue weighted by Crippen LogP contribution is 2.46. The maximum absolute atomic E-state index is 5.16. The molecule has 2 aliphatic rings. The summed E-state index contributed by atoms with van der Waals surface area (Å²) in [7, 11) is 1.64. The highest BCUT2D eigenvalue weighted by Gasteiger charge is 2.28. The van der Waals surface area contributed by atoms with Gasteiger partial charge in [0.2, 0.25) is 5.88 Å². The first-order chi connectivity index (χ1) is 13.8. The van der Waals surface area contributed by atoms with Gasteiger partial charge in [-0.15, -0.1) is 11.3 Å². The summed E-state index contributed by atoms with van der Waals surface area (Å²) in [5.74, 6) is 0.637. The van der Waals surface area contributed by atoms with E-state index in [1.54, 1.807) is 7.11 Å². The van der Waals surface area contributed by atoms with Crippen molar-refractivity contribution in [1.29, 1.82) is 0 Å². The zero-order valence-electron chi connectivity index (χ0n) is 15.4. The fourth-order valence-electron chi connectivity index (χ4n) is 4.17. The molecule has 1 aliphatic carbocycles. The molecule has 4 aromatic rings. The molecule has 6 heteroatoms. The molecular weight excluding hydrogens is 368 g/mol. The average Bonchev–Trinajstić information content (AvgIpc) is 3.48. The molecule has 0 spiro atoms. The van der Waals surface area contributed by atoms with E-state index in [2.05, 4.69) is 50.8 Å². The van der Waals surface area contributed by atoms with Crippen LogP contribution in [0, 0.1) is 0 Å². The van der Waals surface area contributed by atoms with Gasteiger partial charge in [0, 0.05) is 62.9 Å². The molecule has 0 fully saturated rings. The average molecular weight is 386 g/mol. The van der Waals surface area contributed by atoms with Crippen LogP contribution >= 0.6 is 11.3 Å². The number of aromatic nitrogens is 3. The summed E-state index contributed by atoms with van der Waals surface area (Å²) in [5, 5.41) is 11.4. The van der Waals surface area contributed by atoms with Crippen molar-refractivity contribution in [3.05, 3.63) is 58.6 Å². The number of hydrogen-bond donors (Lipinski definition) is 2. The minimum Gasteiger partial charge on any atom is -0.481 e. The van der Waals surface area contributed by atoms with Crippen LogP contribution in [0.4, 0.5) is 5.69 Å². The van der Waals surface area contributed by atoms with Gasteiger partial charge in [0.25, 0.3) is 0 Å². The van der Waals surface area contributed by atoms with E-state index in [1.165, 1.54) is 37.7 Å². The number of thiophene rings is 1. The fraction of sp³-hybridized carbons (Fsp3) is 0.182. The first-order valence-corrected chi connectivity index (χ1v) is 10.2. The van der Waals surface area contributed by atoms with Crippen LogP contribution in [0.5, 0.6) is 5.88 Å². The second kappa shape index (κ2) is 5.94. The summed E-state index contributed by atoms with van der Waals surface area (Å²) in [5.41, 5.74) is 9.79. The summed E-state index contributed by atoms with van der Waals surface area (Å²) < 4.78 is 5.16. The van der Waals surface area contributed by atoms with Crippen LogP contribution in [0.1, 0.15) is 16.0 Å². The zero-order chi connectivity index (χ0) is 18.7. The van der Waals surface area contributed by atoms with Gasteiger partial charge in [-0.05, 0) is 36.2 Å². The third-order valence-corrected chi connectivity index (χ3v) is 6.79. The number of methoxy groups -OCH3 is 1. The van der Waals surface area contributed by atoms with Gasteiger partial charge in [-0.25, -0.2) is 4.98 Å². The quantitative estimate of drug-likeness (QED) is 0.470. The highest BCUT2D eigenvalue weighted by molar-refractivity contribution is 7.16. The van der Waals surface area contributed by atoms with Gasteiger partial charge < -0.3 is 10.1 Å². The van der Waals surface area contributed by atoms with E-state index in [0.29, 0.717) is 5.88 Å². The van der Waals surface area contributed by atoms with E-state index in [1.807, 2.05) is 23.6 Å². The third-order valence-electron chi connectivity index (χ3n) is 5.60. The summed E-state index contributed by atoms with van der Waals surface area (Å²) in [6.45, 7) is 1.03. The summed E-state index contributed by atoms with van der Waals surface area (Å²) in [4.78, 5) is 6.95. The van der Waals surface area contributed by atoms with Crippen molar-refractivity contribution in [1.82, 2.24) is 15.2 Å². The van der Waals surface area contributed by atoms with E-state index in [-0.39, 0.29) is 0 Å². The number of anilines is 1. The monoisotopic (exact) mass is 386 g/mol. The molecule has 5 nitrogen and oxygen atoms in total. The van der Waals surface area contributed by atoms with Crippen LogP contribution in [0.25, 0.3) is 33.0 Å². The van der Waals surface area contributed by atoms with Gasteiger partial charge in [0.05, 0.1) is 18.5 Å². The number of pyridine rings is 1. The van der Waals surface area contributed by atoms with Crippen molar-refractivity contribution in [2.24, 2.45) is 0 Å². The lowest BCUT2D eigenvalue weighted by atomic mass is 10.0. The number of benzene rings is 1. The van der Waals surface area contributed by atoms with Gasteiger partial charge in [-0.2, -0.15) is 5.10 Å². The van der Waals surface area contributed by atoms with Crippen LogP contribution in [-0.2, 0) is 12.8 Å². The minimum atomic E-state index is 0.637. The molecule has 0 saturated carbocycles. The largest absolute Gasteiger partial charge is 0.481 e. The molecule has 0 radical (unpaired) electrons. The molecule has 0 atom stereocenters. The van der Waals surface area contributed by atoms with E-state index >= 15 is 0 Å². The molecule has 1 aliphatic heterocycles. The van der Waals surface area contributed by atoms with E-state index < -0.39 is 0 Å². The molecule has 0 amide bonds. The zero-order valence-corrected chi connectivity index (χ0v) is 16.2. The first kappa shape index (κ1) is 15.9. The van der Waals surface area contributed by atoms with Gasteiger partial charge >= 0.3 is 0 Å². The molecule has 0 saturated heterocycles. The maximum Gasteiger partial charge on any atom is 0.212 e. The lowest BCUT2D eigenvalue weighted by Crippen LogP contribution is -1.90. The van der Waals surface area contributed by atoms with E-state index in [9.17, 15) is 0 Å². The number of rotatable bonds is 3. The van der Waals surface area contributed by atoms with E-state index in [4.69, 9.17) is 4.74 Å². The van der Waals surface area contributed by atoms with Crippen LogP contribution in [0.3, 0.4) is 0 Å². The maximum atomic E-state index is 5.16. The molecule has 0 bridgehead atoms. The lowest BCUT2D eigenvalue weighted by molar-refractivity contribution is 0.398. The van der Waals surface area contributed by atoms with Crippen molar-refractivity contribution in [3.8, 4) is 38.8 Å². The predicted molar refractivity (Wildman–Crippen MR) is 112 cm³/mol. The Bertz CT molecular complexity index is 1210. The van der Waals surface area contributed by atoms with Gasteiger partial charge in [0.15, 0.2) is 0 Å². The third kappa shape index (κ3) is 2.31. The Morgan fingerprint density at radius 1 is 1.11 bits per heavy atom. The van der Waals surface area contributed by atoms with Crippen molar-refractivity contribution in [2.45, 2.75) is 12.8 Å². The number of aromatic amines is 1. The summed E-state index contributed by atoms with van der Waals surface area (Å²) in [6, 6.07) is 12.9. The van der Waals surface area contributed by atoms with Crippen LogP contribution in [0.15, 0.2) is 42.6 Å².